The van der Waals surface area contributed by atoms with Gasteiger partial charge in [0.05, 0.1) is 5.52 Å². The van der Waals surface area contributed by atoms with Gasteiger partial charge in [-0.1, -0.05) is 0 Å². The third kappa shape index (κ3) is 3.37. The SMILES string of the molecule is CC(C)(C)OC(=O)N1CCCC(c2cc3c(F)ccc(F)c3[nH]2)C1. The highest BCUT2D eigenvalue weighted by Crippen LogP contribution is 2.31. The first-order valence-corrected chi connectivity index (χ1v) is 8.19. The van der Waals surface area contributed by atoms with Gasteiger partial charge in [0.1, 0.15) is 17.2 Å². The number of hydrogen-bond acceptors (Lipinski definition) is 2. The Morgan fingerprint density at radius 1 is 1.29 bits per heavy atom. The number of ether oxygens (including phenoxy) is 1. The van der Waals surface area contributed by atoms with Crippen LogP contribution in [0.2, 0.25) is 0 Å². The van der Waals surface area contributed by atoms with Gasteiger partial charge in [-0.2, -0.15) is 0 Å². The zero-order valence-corrected chi connectivity index (χ0v) is 14.2. The molecule has 1 aromatic heterocycles. The summed E-state index contributed by atoms with van der Waals surface area (Å²) in [6.07, 6.45) is 1.33. The van der Waals surface area contributed by atoms with Crippen LogP contribution in [0.15, 0.2) is 18.2 Å². The van der Waals surface area contributed by atoms with Crippen molar-refractivity contribution in [2.24, 2.45) is 0 Å². The van der Waals surface area contributed by atoms with Crippen LogP contribution in [0.25, 0.3) is 10.9 Å². The first-order chi connectivity index (χ1) is 11.2. The maximum atomic E-state index is 13.9. The number of likely N-dealkylation sites (tertiary alicyclic amines) is 1. The predicted molar refractivity (Wildman–Crippen MR) is 88.0 cm³/mol. The van der Waals surface area contributed by atoms with E-state index in [1.807, 2.05) is 20.8 Å². The normalized spacial score (nSPS) is 18.9. The van der Waals surface area contributed by atoms with Gasteiger partial charge in [-0.25, -0.2) is 13.6 Å². The molecule has 3 rings (SSSR count). The minimum atomic E-state index is -0.544. The largest absolute Gasteiger partial charge is 0.444 e. The number of amides is 1. The number of piperidine rings is 1. The number of benzene rings is 1. The van der Waals surface area contributed by atoms with Crippen LogP contribution in [0.4, 0.5) is 13.6 Å². The molecule has 0 saturated carbocycles. The zero-order valence-electron chi connectivity index (χ0n) is 14.2. The van der Waals surface area contributed by atoms with Gasteiger partial charge in [0, 0.05) is 30.1 Å². The van der Waals surface area contributed by atoms with E-state index < -0.39 is 17.2 Å². The fourth-order valence-corrected chi connectivity index (χ4v) is 3.11. The van der Waals surface area contributed by atoms with Crippen LogP contribution < -0.4 is 0 Å². The summed E-state index contributed by atoms with van der Waals surface area (Å²) in [4.78, 5) is 16.9. The third-order valence-corrected chi connectivity index (χ3v) is 4.22. The number of hydrogen-bond donors (Lipinski definition) is 1. The Hall–Kier alpha value is -2.11. The summed E-state index contributed by atoms with van der Waals surface area (Å²) in [7, 11) is 0. The molecule has 4 nitrogen and oxygen atoms in total. The number of carbonyl (C=O) groups excluding carboxylic acids is 1. The second-order valence-corrected chi connectivity index (χ2v) is 7.31. The van der Waals surface area contributed by atoms with Crippen molar-refractivity contribution in [2.45, 2.75) is 45.1 Å². The lowest BCUT2D eigenvalue weighted by Gasteiger charge is -2.33. The van der Waals surface area contributed by atoms with Gasteiger partial charge in [-0.3, -0.25) is 0 Å². The molecule has 1 saturated heterocycles. The van der Waals surface area contributed by atoms with Crippen LogP contribution >= 0.6 is 0 Å². The molecule has 1 atom stereocenters. The standard InChI is InChI=1S/C18H22F2N2O2/c1-18(2,3)24-17(23)22-8-4-5-11(10-22)15-9-12-13(19)6-7-14(20)16(12)21-15/h6-7,9,11,21H,4-5,8,10H2,1-3H3. The molecule has 1 amide bonds. The van der Waals surface area contributed by atoms with E-state index in [4.69, 9.17) is 4.74 Å². The van der Waals surface area contributed by atoms with Crippen molar-refractivity contribution < 1.29 is 18.3 Å². The monoisotopic (exact) mass is 336 g/mol. The summed E-state index contributed by atoms with van der Waals surface area (Å²) in [5, 5.41) is 0.249. The number of halogens is 2. The third-order valence-electron chi connectivity index (χ3n) is 4.22. The van der Waals surface area contributed by atoms with E-state index in [0.29, 0.717) is 13.1 Å². The minimum absolute atomic E-state index is 0.0115. The molecule has 6 heteroatoms. The van der Waals surface area contributed by atoms with Gasteiger partial charge >= 0.3 is 6.09 Å². The van der Waals surface area contributed by atoms with Gasteiger partial charge in [0.2, 0.25) is 0 Å². The van der Waals surface area contributed by atoms with Gasteiger partial charge in [0.25, 0.3) is 0 Å². The number of H-pyrrole nitrogens is 1. The number of carbonyl (C=O) groups is 1. The molecule has 2 aromatic rings. The van der Waals surface area contributed by atoms with Gasteiger partial charge in [0.15, 0.2) is 0 Å². The van der Waals surface area contributed by atoms with E-state index in [1.165, 1.54) is 0 Å². The molecule has 1 fully saturated rings. The molecule has 1 unspecified atom stereocenters. The Morgan fingerprint density at radius 3 is 2.67 bits per heavy atom. The fourth-order valence-electron chi connectivity index (χ4n) is 3.11. The molecule has 24 heavy (non-hydrogen) atoms. The molecule has 0 bridgehead atoms. The first-order valence-electron chi connectivity index (χ1n) is 8.19. The number of fused-ring (bicyclic) bond motifs is 1. The Balaban J connectivity index is 1.81. The van der Waals surface area contributed by atoms with E-state index in [9.17, 15) is 13.6 Å². The van der Waals surface area contributed by atoms with Gasteiger partial charge in [-0.15, -0.1) is 0 Å². The van der Waals surface area contributed by atoms with Crippen LogP contribution in [-0.4, -0.2) is 34.7 Å². The van der Waals surface area contributed by atoms with Crippen molar-refractivity contribution in [3.63, 3.8) is 0 Å². The van der Waals surface area contributed by atoms with E-state index in [-0.39, 0.29) is 22.9 Å². The molecule has 2 heterocycles. The smallest absolute Gasteiger partial charge is 0.410 e. The molecule has 1 aromatic carbocycles. The highest BCUT2D eigenvalue weighted by atomic mass is 19.1. The number of aromatic amines is 1. The lowest BCUT2D eigenvalue weighted by molar-refractivity contribution is 0.0197. The molecular weight excluding hydrogens is 314 g/mol. The summed E-state index contributed by atoms with van der Waals surface area (Å²) in [6, 6.07) is 3.89. The second-order valence-electron chi connectivity index (χ2n) is 7.31. The quantitative estimate of drug-likeness (QED) is 0.830. The molecular formula is C18H22F2N2O2. The van der Waals surface area contributed by atoms with Crippen molar-refractivity contribution in [3.05, 3.63) is 35.5 Å². The van der Waals surface area contributed by atoms with Gasteiger partial charge < -0.3 is 14.6 Å². The summed E-state index contributed by atoms with van der Waals surface area (Å²) in [5.74, 6) is -0.913. The van der Waals surface area contributed by atoms with Crippen molar-refractivity contribution in [1.82, 2.24) is 9.88 Å². The summed E-state index contributed by atoms with van der Waals surface area (Å²) < 4.78 is 33.1. The van der Waals surface area contributed by atoms with Crippen LogP contribution in [-0.2, 0) is 4.74 Å². The van der Waals surface area contributed by atoms with E-state index in [2.05, 4.69) is 4.98 Å². The average Bonchev–Trinajstić information content (AvgIpc) is 2.96. The van der Waals surface area contributed by atoms with E-state index in [0.717, 1.165) is 30.7 Å². The topological polar surface area (TPSA) is 45.3 Å². The predicted octanol–water partition coefficient (Wildman–Crippen LogP) is 4.56. The van der Waals surface area contributed by atoms with Crippen molar-refractivity contribution >= 4 is 17.0 Å². The maximum Gasteiger partial charge on any atom is 0.410 e. The second kappa shape index (κ2) is 6.07. The molecule has 130 valence electrons. The fraction of sp³-hybridized carbons (Fsp3) is 0.500. The highest BCUT2D eigenvalue weighted by molar-refractivity contribution is 5.81. The molecule has 1 aliphatic heterocycles. The average molecular weight is 336 g/mol. The number of nitrogens with zero attached hydrogens (tertiary/aromatic N) is 1. The Morgan fingerprint density at radius 2 is 2.00 bits per heavy atom. The Kier molecular flexibility index (Phi) is 4.24. The van der Waals surface area contributed by atoms with Crippen LogP contribution in [0.1, 0.15) is 45.2 Å². The van der Waals surface area contributed by atoms with Crippen molar-refractivity contribution in [1.29, 1.82) is 0 Å². The van der Waals surface area contributed by atoms with Crippen LogP contribution in [0, 0.1) is 11.6 Å². The lowest BCUT2D eigenvalue weighted by atomic mass is 9.95. The van der Waals surface area contributed by atoms with Crippen LogP contribution in [0.5, 0.6) is 0 Å². The number of nitrogens with one attached hydrogen (secondary N) is 1. The number of aromatic nitrogens is 1. The molecule has 1 N–H and O–H groups in total. The van der Waals surface area contributed by atoms with E-state index in [1.54, 1.807) is 11.0 Å². The maximum absolute atomic E-state index is 13.9. The summed E-state index contributed by atoms with van der Waals surface area (Å²) in [6.45, 7) is 6.60. The number of rotatable bonds is 1. The molecule has 1 aliphatic rings. The zero-order chi connectivity index (χ0) is 17.5. The molecule has 0 spiro atoms. The first kappa shape index (κ1) is 16.7. The van der Waals surface area contributed by atoms with Crippen LogP contribution in [0.3, 0.4) is 0 Å². The Bertz CT molecular complexity index is 725. The van der Waals surface area contributed by atoms with Gasteiger partial charge in [-0.05, 0) is 51.8 Å². The minimum Gasteiger partial charge on any atom is -0.444 e. The summed E-state index contributed by atoms with van der Waals surface area (Å²) >= 11 is 0. The summed E-state index contributed by atoms with van der Waals surface area (Å²) in [5.41, 5.74) is 0.388. The van der Waals surface area contributed by atoms with Crippen molar-refractivity contribution in [3.8, 4) is 0 Å². The van der Waals surface area contributed by atoms with Crippen molar-refractivity contribution in [2.75, 3.05) is 13.1 Å². The highest BCUT2D eigenvalue weighted by Gasteiger charge is 2.29. The van der Waals surface area contributed by atoms with E-state index >= 15 is 0 Å². The molecule has 0 radical (unpaired) electrons. The lowest BCUT2D eigenvalue weighted by Crippen LogP contribution is -2.42. The Labute approximate surface area is 139 Å². The molecule has 0 aliphatic carbocycles.